The SMILES string of the molecule is CCOC(=O)c1cnn(-c2cccc(Br)n2)c1N. The Morgan fingerprint density at radius 2 is 2.33 bits per heavy atom. The zero-order valence-corrected chi connectivity index (χ0v) is 11.2. The Hall–Kier alpha value is -1.89. The van der Waals surface area contributed by atoms with Crippen molar-refractivity contribution in [2.24, 2.45) is 0 Å². The third kappa shape index (κ3) is 2.35. The summed E-state index contributed by atoms with van der Waals surface area (Å²) in [6.07, 6.45) is 1.37. The minimum absolute atomic E-state index is 0.207. The Morgan fingerprint density at radius 1 is 1.56 bits per heavy atom. The van der Waals surface area contributed by atoms with Gasteiger partial charge in [-0.2, -0.15) is 9.78 Å². The molecule has 94 valence electrons. The number of nitrogen functional groups attached to an aromatic ring is 1. The van der Waals surface area contributed by atoms with E-state index in [2.05, 4.69) is 26.0 Å². The molecule has 0 aliphatic heterocycles. The largest absolute Gasteiger partial charge is 0.462 e. The predicted octanol–water partition coefficient (Wildman–Crippen LogP) is 1.79. The van der Waals surface area contributed by atoms with Gasteiger partial charge in [-0.15, -0.1) is 0 Å². The van der Waals surface area contributed by atoms with E-state index in [4.69, 9.17) is 10.5 Å². The van der Waals surface area contributed by atoms with Crippen molar-refractivity contribution in [2.45, 2.75) is 6.92 Å². The first-order valence-corrected chi connectivity index (χ1v) is 6.06. The summed E-state index contributed by atoms with van der Waals surface area (Å²) in [5.41, 5.74) is 6.10. The summed E-state index contributed by atoms with van der Waals surface area (Å²) >= 11 is 3.26. The highest BCUT2D eigenvalue weighted by Crippen LogP contribution is 2.18. The van der Waals surface area contributed by atoms with E-state index in [1.54, 1.807) is 25.1 Å². The zero-order chi connectivity index (χ0) is 13.1. The van der Waals surface area contributed by atoms with Crippen LogP contribution in [0.1, 0.15) is 17.3 Å². The molecular weight excluding hydrogens is 300 g/mol. The molecule has 2 aromatic heterocycles. The number of aromatic nitrogens is 3. The Bertz CT molecular complexity index is 582. The summed E-state index contributed by atoms with van der Waals surface area (Å²) in [4.78, 5) is 15.8. The summed E-state index contributed by atoms with van der Waals surface area (Å²) in [6.45, 7) is 2.02. The van der Waals surface area contributed by atoms with E-state index in [1.807, 2.05) is 0 Å². The van der Waals surface area contributed by atoms with E-state index in [0.29, 0.717) is 17.0 Å². The molecule has 0 radical (unpaired) electrons. The molecule has 0 saturated carbocycles. The predicted molar refractivity (Wildman–Crippen MR) is 69.4 cm³/mol. The minimum atomic E-state index is -0.490. The van der Waals surface area contributed by atoms with Crippen LogP contribution in [0.4, 0.5) is 5.82 Å². The van der Waals surface area contributed by atoms with Crippen molar-refractivity contribution in [2.75, 3.05) is 12.3 Å². The molecule has 2 N–H and O–H groups in total. The third-order valence-electron chi connectivity index (χ3n) is 2.22. The Labute approximate surface area is 112 Å². The number of nitrogens with two attached hydrogens (primary N) is 1. The standard InChI is InChI=1S/C11H11BrN4O2/c1-2-18-11(17)7-6-14-16(10(7)13)9-5-3-4-8(12)15-9/h3-6H,2,13H2,1H3. The number of ether oxygens (including phenoxy) is 1. The van der Waals surface area contributed by atoms with E-state index in [-0.39, 0.29) is 11.4 Å². The van der Waals surface area contributed by atoms with Gasteiger partial charge in [-0.1, -0.05) is 6.07 Å². The molecular formula is C11H11BrN4O2. The highest BCUT2D eigenvalue weighted by Gasteiger charge is 2.17. The highest BCUT2D eigenvalue weighted by molar-refractivity contribution is 9.10. The van der Waals surface area contributed by atoms with Gasteiger partial charge in [0.15, 0.2) is 5.82 Å². The van der Waals surface area contributed by atoms with Crippen LogP contribution in [0, 0.1) is 0 Å². The molecule has 2 heterocycles. The lowest BCUT2D eigenvalue weighted by Gasteiger charge is -2.04. The lowest BCUT2D eigenvalue weighted by Crippen LogP contribution is -2.09. The van der Waals surface area contributed by atoms with Gasteiger partial charge in [-0.3, -0.25) is 0 Å². The van der Waals surface area contributed by atoms with Gasteiger partial charge in [-0.05, 0) is 35.0 Å². The summed E-state index contributed by atoms with van der Waals surface area (Å²) in [5, 5.41) is 4.04. The molecule has 0 amide bonds. The van der Waals surface area contributed by atoms with Gasteiger partial charge >= 0.3 is 5.97 Å². The van der Waals surface area contributed by atoms with Gasteiger partial charge in [0.25, 0.3) is 0 Å². The Morgan fingerprint density at radius 3 is 3.00 bits per heavy atom. The van der Waals surface area contributed by atoms with Gasteiger partial charge in [0.2, 0.25) is 0 Å². The molecule has 0 aliphatic rings. The van der Waals surface area contributed by atoms with Crippen molar-refractivity contribution in [3.63, 3.8) is 0 Å². The summed E-state index contributed by atoms with van der Waals surface area (Å²) < 4.78 is 6.93. The molecule has 0 atom stereocenters. The number of carbonyl (C=O) groups is 1. The summed E-state index contributed by atoms with van der Waals surface area (Å²) in [6, 6.07) is 5.33. The fourth-order valence-electron chi connectivity index (χ4n) is 1.42. The first kappa shape index (κ1) is 12.6. The Balaban J connectivity index is 2.39. The number of nitrogens with zero attached hydrogens (tertiary/aromatic N) is 3. The van der Waals surface area contributed by atoms with Crippen molar-refractivity contribution in [3.05, 3.63) is 34.6 Å². The van der Waals surface area contributed by atoms with Crippen LogP contribution in [0.15, 0.2) is 29.0 Å². The van der Waals surface area contributed by atoms with Crippen LogP contribution >= 0.6 is 15.9 Å². The second-order valence-corrected chi connectivity index (χ2v) is 4.21. The maximum absolute atomic E-state index is 11.6. The molecule has 2 rings (SSSR count). The van der Waals surface area contributed by atoms with Gasteiger partial charge in [-0.25, -0.2) is 9.78 Å². The molecule has 0 bridgehead atoms. The molecule has 0 fully saturated rings. The van der Waals surface area contributed by atoms with Crippen LogP contribution in [0.25, 0.3) is 5.82 Å². The van der Waals surface area contributed by atoms with Crippen molar-refractivity contribution in [1.82, 2.24) is 14.8 Å². The molecule has 0 aromatic carbocycles. The number of pyridine rings is 1. The average Bonchev–Trinajstić information content (AvgIpc) is 2.71. The topological polar surface area (TPSA) is 83.0 Å². The van der Waals surface area contributed by atoms with E-state index in [9.17, 15) is 4.79 Å². The number of esters is 1. The maximum Gasteiger partial charge on any atom is 0.343 e. The molecule has 2 aromatic rings. The molecule has 0 saturated heterocycles. The number of hydrogen-bond donors (Lipinski definition) is 1. The molecule has 18 heavy (non-hydrogen) atoms. The summed E-state index contributed by atoms with van der Waals surface area (Å²) in [5.74, 6) is 0.243. The van der Waals surface area contributed by atoms with Crippen molar-refractivity contribution in [1.29, 1.82) is 0 Å². The first-order valence-electron chi connectivity index (χ1n) is 5.27. The van der Waals surface area contributed by atoms with E-state index >= 15 is 0 Å². The summed E-state index contributed by atoms with van der Waals surface area (Å²) in [7, 11) is 0. The minimum Gasteiger partial charge on any atom is -0.462 e. The quantitative estimate of drug-likeness (QED) is 0.690. The van der Waals surface area contributed by atoms with Crippen LogP contribution in [0.2, 0.25) is 0 Å². The number of hydrogen-bond acceptors (Lipinski definition) is 5. The maximum atomic E-state index is 11.6. The van der Waals surface area contributed by atoms with E-state index in [0.717, 1.165) is 0 Å². The number of carbonyl (C=O) groups excluding carboxylic acids is 1. The lowest BCUT2D eigenvalue weighted by molar-refractivity contribution is 0.0527. The van der Waals surface area contributed by atoms with Crippen LogP contribution in [-0.2, 0) is 4.74 Å². The van der Waals surface area contributed by atoms with Crippen molar-refractivity contribution < 1.29 is 9.53 Å². The molecule has 0 unspecified atom stereocenters. The molecule has 6 nitrogen and oxygen atoms in total. The number of rotatable bonds is 3. The van der Waals surface area contributed by atoms with E-state index in [1.165, 1.54) is 10.9 Å². The average molecular weight is 311 g/mol. The second kappa shape index (κ2) is 5.18. The van der Waals surface area contributed by atoms with Crippen LogP contribution in [0.3, 0.4) is 0 Å². The smallest absolute Gasteiger partial charge is 0.343 e. The monoisotopic (exact) mass is 310 g/mol. The van der Waals surface area contributed by atoms with Gasteiger partial charge in [0, 0.05) is 0 Å². The van der Waals surface area contributed by atoms with Gasteiger partial charge < -0.3 is 10.5 Å². The fraction of sp³-hybridized carbons (Fsp3) is 0.182. The molecule has 0 aliphatic carbocycles. The van der Waals surface area contributed by atoms with Gasteiger partial charge in [0.05, 0.1) is 12.8 Å². The fourth-order valence-corrected chi connectivity index (χ4v) is 1.76. The van der Waals surface area contributed by atoms with Crippen LogP contribution in [0.5, 0.6) is 0 Å². The van der Waals surface area contributed by atoms with Crippen molar-refractivity contribution >= 4 is 27.7 Å². The Kier molecular flexibility index (Phi) is 3.61. The van der Waals surface area contributed by atoms with Crippen molar-refractivity contribution in [3.8, 4) is 5.82 Å². The zero-order valence-electron chi connectivity index (χ0n) is 9.63. The lowest BCUT2D eigenvalue weighted by atomic mass is 10.3. The first-order chi connectivity index (χ1) is 8.63. The third-order valence-corrected chi connectivity index (χ3v) is 2.66. The normalized spacial score (nSPS) is 10.3. The molecule has 7 heteroatoms. The number of anilines is 1. The van der Waals surface area contributed by atoms with Crippen LogP contribution in [-0.4, -0.2) is 27.3 Å². The second-order valence-electron chi connectivity index (χ2n) is 3.39. The van der Waals surface area contributed by atoms with Gasteiger partial charge in [0.1, 0.15) is 16.0 Å². The number of halogens is 1. The van der Waals surface area contributed by atoms with E-state index < -0.39 is 5.97 Å². The molecule has 0 spiro atoms. The van der Waals surface area contributed by atoms with Crippen LogP contribution < -0.4 is 5.73 Å². The highest BCUT2D eigenvalue weighted by atomic mass is 79.9.